The Morgan fingerprint density at radius 3 is 2.50 bits per heavy atom. The van der Waals surface area contributed by atoms with Crippen molar-refractivity contribution in [1.29, 1.82) is 0 Å². The van der Waals surface area contributed by atoms with Gasteiger partial charge in [0.1, 0.15) is 0 Å². The fourth-order valence-electron chi connectivity index (χ4n) is 1.62. The Morgan fingerprint density at radius 2 is 2.00 bits per heavy atom. The topological polar surface area (TPSA) is 75.3 Å². The van der Waals surface area contributed by atoms with Gasteiger partial charge in [-0.2, -0.15) is 0 Å². The van der Waals surface area contributed by atoms with Crippen LogP contribution in [0.1, 0.15) is 25.7 Å². The van der Waals surface area contributed by atoms with Gasteiger partial charge in [0, 0.05) is 12.6 Å². The SMILES string of the molecule is N[C@H]1CC[C@@H](CNC(=O)O)CC1. The fourth-order valence-corrected chi connectivity index (χ4v) is 1.62. The lowest BCUT2D eigenvalue weighted by Crippen LogP contribution is -2.33. The van der Waals surface area contributed by atoms with Crippen LogP contribution >= 0.6 is 0 Å². The maximum absolute atomic E-state index is 10.2. The summed E-state index contributed by atoms with van der Waals surface area (Å²) in [6, 6.07) is 0.339. The molecule has 0 radical (unpaired) electrons. The number of carbonyl (C=O) groups is 1. The lowest BCUT2D eigenvalue weighted by molar-refractivity contribution is 0.190. The van der Waals surface area contributed by atoms with Crippen LogP contribution in [0.15, 0.2) is 0 Å². The largest absolute Gasteiger partial charge is 0.465 e. The van der Waals surface area contributed by atoms with Gasteiger partial charge in [0.05, 0.1) is 0 Å². The Hall–Kier alpha value is -0.770. The number of hydrogen-bond donors (Lipinski definition) is 3. The molecule has 12 heavy (non-hydrogen) atoms. The van der Waals surface area contributed by atoms with Crippen LogP contribution in [0.25, 0.3) is 0 Å². The summed E-state index contributed by atoms with van der Waals surface area (Å²) in [4.78, 5) is 10.2. The molecule has 1 saturated carbocycles. The zero-order valence-corrected chi connectivity index (χ0v) is 7.12. The van der Waals surface area contributed by atoms with Crippen LogP contribution in [0, 0.1) is 5.92 Å². The van der Waals surface area contributed by atoms with Crippen LogP contribution in [-0.2, 0) is 0 Å². The van der Waals surface area contributed by atoms with Crippen molar-refractivity contribution < 1.29 is 9.90 Å². The Kier molecular flexibility index (Phi) is 3.34. The molecule has 70 valence electrons. The van der Waals surface area contributed by atoms with E-state index >= 15 is 0 Å². The van der Waals surface area contributed by atoms with E-state index in [1.807, 2.05) is 0 Å². The molecule has 4 N–H and O–H groups in total. The molecule has 0 aromatic heterocycles. The van der Waals surface area contributed by atoms with E-state index in [0.29, 0.717) is 18.5 Å². The second-order valence-electron chi connectivity index (χ2n) is 3.47. The summed E-state index contributed by atoms with van der Waals surface area (Å²) in [5.74, 6) is 0.501. The molecule has 1 aliphatic carbocycles. The van der Waals surface area contributed by atoms with E-state index in [0.717, 1.165) is 25.7 Å². The average Bonchev–Trinajstić information content (AvgIpc) is 2.03. The number of carboxylic acid groups (broad SMARTS) is 1. The predicted molar refractivity (Wildman–Crippen MR) is 46.0 cm³/mol. The third kappa shape index (κ3) is 3.09. The molecular formula is C8H16N2O2. The van der Waals surface area contributed by atoms with Gasteiger partial charge < -0.3 is 16.2 Å². The molecule has 0 spiro atoms. The molecule has 0 aromatic rings. The normalized spacial score (nSPS) is 29.8. The minimum Gasteiger partial charge on any atom is -0.465 e. The third-order valence-electron chi connectivity index (χ3n) is 2.43. The fraction of sp³-hybridized carbons (Fsp3) is 0.875. The number of hydrogen-bond acceptors (Lipinski definition) is 2. The van der Waals surface area contributed by atoms with Gasteiger partial charge in [-0.3, -0.25) is 0 Å². The van der Waals surface area contributed by atoms with E-state index in [2.05, 4.69) is 5.32 Å². The lowest BCUT2D eigenvalue weighted by atomic mass is 9.86. The quantitative estimate of drug-likeness (QED) is 0.576. The summed E-state index contributed by atoms with van der Waals surface area (Å²) in [6.45, 7) is 0.585. The summed E-state index contributed by atoms with van der Waals surface area (Å²) < 4.78 is 0. The van der Waals surface area contributed by atoms with Gasteiger partial charge in [0.25, 0.3) is 0 Å². The van der Waals surface area contributed by atoms with Crippen LogP contribution in [0.5, 0.6) is 0 Å². The molecule has 0 atom stereocenters. The first-order valence-corrected chi connectivity index (χ1v) is 4.41. The average molecular weight is 172 g/mol. The third-order valence-corrected chi connectivity index (χ3v) is 2.43. The zero-order chi connectivity index (χ0) is 8.97. The molecule has 1 amide bonds. The van der Waals surface area contributed by atoms with Gasteiger partial charge in [-0.05, 0) is 31.6 Å². The Labute approximate surface area is 72.1 Å². The van der Waals surface area contributed by atoms with Crippen molar-refractivity contribution in [2.45, 2.75) is 31.7 Å². The van der Waals surface area contributed by atoms with E-state index in [-0.39, 0.29) is 0 Å². The van der Waals surface area contributed by atoms with Crippen LogP contribution in [0.2, 0.25) is 0 Å². The Morgan fingerprint density at radius 1 is 1.42 bits per heavy atom. The van der Waals surface area contributed by atoms with Crippen molar-refractivity contribution >= 4 is 6.09 Å². The van der Waals surface area contributed by atoms with E-state index in [1.54, 1.807) is 0 Å². The van der Waals surface area contributed by atoms with E-state index in [1.165, 1.54) is 0 Å². The van der Waals surface area contributed by atoms with Crippen LogP contribution in [0.3, 0.4) is 0 Å². The van der Waals surface area contributed by atoms with Crippen molar-refractivity contribution in [1.82, 2.24) is 5.32 Å². The molecule has 0 aromatic carbocycles. The molecule has 0 unspecified atom stereocenters. The number of nitrogens with one attached hydrogen (secondary N) is 1. The highest BCUT2D eigenvalue weighted by molar-refractivity contribution is 5.64. The standard InChI is InChI=1S/C8H16N2O2/c9-7-3-1-6(2-4-7)5-10-8(11)12/h6-7,10H,1-5,9H2,(H,11,12)/t6-,7+. The molecule has 0 aliphatic heterocycles. The summed E-state index contributed by atoms with van der Waals surface area (Å²) >= 11 is 0. The molecule has 4 heteroatoms. The molecule has 1 fully saturated rings. The second kappa shape index (κ2) is 4.30. The van der Waals surface area contributed by atoms with E-state index in [9.17, 15) is 4.79 Å². The molecule has 0 saturated heterocycles. The summed E-state index contributed by atoms with van der Waals surface area (Å²) in [5, 5.41) is 10.8. The predicted octanol–water partition coefficient (Wildman–Crippen LogP) is 0.771. The first-order chi connectivity index (χ1) is 5.68. The molecule has 0 heterocycles. The smallest absolute Gasteiger partial charge is 0.404 e. The van der Waals surface area contributed by atoms with Crippen LogP contribution in [-0.4, -0.2) is 23.8 Å². The van der Waals surface area contributed by atoms with Crippen molar-refractivity contribution in [3.63, 3.8) is 0 Å². The van der Waals surface area contributed by atoms with Gasteiger partial charge in [-0.1, -0.05) is 0 Å². The maximum atomic E-state index is 10.2. The monoisotopic (exact) mass is 172 g/mol. The van der Waals surface area contributed by atoms with Gasteiger partial charge in [-0.25, -0.2) is 4.79 Å². The first-order valence-electron chi connectivity index (χ1n) is 4.41. The molecular weight excluding hydrogens is 156 g/mol. The minimum atomic E-state index is -0.926. The molecule has 0 bridgehead atoms. The van der Waals surface area contributed by atoms with Crippen molar-refractivity contribution in [3.8, 4) is 0 Å². The Balaban J connectivity index is 2.13. The molecule has 1 aliphatic rings. The number of rotatable bonds is 2. The van der Waals surface area contributed by atoms with Crippen LogP contribution in [0.4, 0.5) is 4.79 Å². The zero-order valence-electron chi connectivity index (χ0n) is 7.12. The lowest BCUT2D eigenvalue weighted by Gasteiger charge is -2.25. The highest BCUT2D eigenvalue weighted by Gasteiger charge is 2.18. The van der Waals surface area contributed by atoms with E-state index < -0.39 is 6.09 Å². The number of nitrogens with two attached hydrogens (primary N) is 1. The summed E-state index contributed by atoms with van der Waals surface area (Å²) in [7, 11) is 0. The van der Waals surface area contributed by atoms with Crippen molar-refractivity contribution in [2.75, 3.05) is 6.54 Å². The minimum absolute atomic E-state index is 0.339. The van der Waals surface area contributed by atoms with Crippen LogP contribution < -0.4 is 11.1 Å². The van der Waals surface area contributed by atoms with Gasteiger partial charge in [0.15, 0.2) is 0 Å². The molecule has 1 rings (SSSR count). The van der Waals surface area contributed by atoms with Gasteiger partial charge in [-0.15, -0.1) is 0 Å². The van der Waals surface area contributed by atoms with E-state index in [4.69, 9.17) is 10.8 Å². The summed E-state index contributed by atoms with van der Waals surface area (Å²) in [5.41, 5.74) is 5.72. The van der Waals surface area contributed by atoms with Gasteiger partial charge in [0.2, 0.25) is 0 Å². The van der Waals surface area contributed by atoms with Crippen molar-refractivity contribution in [3.05, 3.63) is 0 Å². The highest BCUT2D eigenvalue weighted by atomic mass is 16.4. The number of amides is 1. The van der Waals surface area contributed by atoms with Crippen molar-refractivity contribution in [2.24, 2.45) is 11.7 Å². The molecule has 4 nitrogen and oxygen atoms in total. The highest BCUT2D eigenvalue weighted by Crippen LogP contribution is 2.22. The summed E-state index contributed by atoms with van der Waals surface area (Å²) in [6.07, 6.45) is 3.26. The first kappa shape index (κ1) is 9.32. The maximum Gasteiger partial charge on any atom is 0.404 e. The second-order valence-corrected chi connectivity index (χ2v) is 3.47. The Bertz CT molecular complexity index is 153. The van der Waals surface area contributed by atoms with Gasteiger partial charge >= 0.3 is 6.09 Å².